The number of Topliss-reactive ketones (excluding diaryl/α,β-unsaturated/α-hetero) is 1. The van der Waals surface area contributed by atoms with Crippen LogP contribution in [0, 0.1) is 23.7 Å². The third-order valence-corrected chi connectivity index (χ3v) is 2.67. The third-order valence-electron chi connectivity index (χ3n) is 2.67. The molecule has 0 aromatic rings. The summed E-state index contributed by atoms with van der Waals surface area (Å²) < 4.78 is 0. The van der Waals surface area contributed by atoms with Gasteiger partial charge in [0.05, 0.1) is 0 Å². The van der Waals surface area contributed by atoms with Gasteiger partial charge in [-0.25, -0.2) is 0 Å². The first-order valence-electron chi connectivity index (χ1n) is 4.51. The maximum absolute atomic E-state index is 11.4. The highest BCUT2D eigenvalue weighted by molar-refractivity contribution is 5.82. The summed E-state index contributed by atoms with van der Waals surface area (Å²) >= 11 is 0. The van der Waals surface area contributed by atoms with Crippen LogP contribution < -0.4 is 0 Å². The van der Waals surface area contributed by atoms with Gasteiger partial charge in [0.25, 0.3) is 0 Å². The van der Waals surface area contributed by atoms with Crippen molar-refractivity contribution in [2.45, 2.75) is 39.5 Å². The summed E-state index contributed by atoms with van der Waals surface area (Å²) in [6.07, 6.45) is 8.55. The van der Waals surface area contributed by atoms with Gasteiger partial charge in [0.1, 0.15) is 5.78 Å². The van der Waals surface area contributed by atoms with Gasteiger partial charge in [0.15, 0.2) is 0 Å². The molecule has 0 amide bonds. The molecule has 1 atom stereocenters. The molecular formula is C11H16O. The van der Waals surface area contributed by atoms with Crippen LogP contribution in [-0.4, -0.2) is 5.78 Å². The summed E-state index contributed by atoms with van der Waals surface area (Å²) in [4.78, 5) is 11.4. The largest absolute Gasteiger partial charge is 0.299 e. The molecule has 0 aliphatic heterocycles. The van der Waals surface area contributed by atoms with Crippen LogP contribution in [0.4, 0.5) is 0 Å². The Hall–Kier alpha value is -0.770. The second-order valence-corrected chi connectivity index (χ2v) is 4.44. The topological polar surface area (TPSA) is 17.1 Å². The average Bonchev–Trinajstić information content (AvgIpc) is 1.97. The molecule has 0 bridgehead atoms. The Labute approximate surface area is 74.5 Å². The van der Waals surface area contributed by atoms with E-state index >= 15 is 0 Å². The molecule has 1 aliphatic carbocycles. The van der Waals surface area contributed by atoms with Crippen LogP contribution in [0.25, 0.3) is 0 Å². The molecule has 1 rings (SSSR count). The first-order valence-corrected chi connectivity index (χ1v) is 4.51. The smallest absolute Gasteiger partial charge is 0.136 e. The zero-order valence-electron chi connectivity index (χ0n) is 7.89. The fourth-order valence-electron chi connectivity index (χ4n) is 1.88. The molecule has 1 nitrogen and oxygen atoms in total. The van der Waals surface area contributed by atoms with Crippen molar-refractivity contribution in [3.8, 4) is 12.3 Å². The molecular weight excluding hydrogens is 148 g/mol. The number of hydrogen-bond donors (Lipinski definition) is 0. The SMILES string of the molecule is C#CCC1CC(C)(C)CCC1=O. The second kappa shape index (κ2) is 3.31. The maximum Gasteiger partial charge on any atom is 0.136 e. The maximum atomic E-state index is 11.4. The van der Waals surface area contributed by atoms with E-state index in [1.807, 2.05) is 0 Å². The van der Waals surface area contributed by atoms with E-state index in [1.165, 1.54) is 0 Å². The summed E-state index contributed by atoms with van der Waals surface area (Å²) in [5.74, 6) is 3.09. The Kier molecular flexibility index (Phi) is 2.57. The highest BCUT2D eigenvalue weighted by Crippen LogP contribution is 2.37. The van der Waals surface area contributed by atoms with Crippen molar-refractivity contribution in [2.75, 3.05) is 0 Å². The lowest BCUT2D eigenvalue weighted by Gasteiger charge is -2.33. The van der Waals surface area contributed by atoms with E-state index in [0.29, 0.717) is 17.6 Å². The number of rotatable bonds is 1. The molecule has 0 aromatic heterocycles. The van der Waals surface area contributed by atoms with Gasteiger partial charge in [0, 0.05) is 18.8 Å². The molecule has 1 heteroatoms. The molecule has 66 valence electrons. The average molecular weight is 164 g/mol. The van der Waals surface area contributed by atoms with Gasteiger partial charge in [-0.3, -0.25) is 4.79 Å². The van der Waals surface area contributed by atoms with Crippen LogP contribution in [0.5, 0.6) is 0 Å². The monoisotopic (exact) mass is 164 g/mol. The van der Waals surface area contributed by atoms with E-state index in [-0.39, 0.29) is 5.92 Å². The number of ketones is 1. The van der Waals surface area contributed by atoms with E-state index in [9.17, 15) is 4.79 Å². The van der Waals surface area contributed by atoms with E-state index in [4.69, 9.17) is 6.42 Å². The zero-order chi connectivity index (χ0) is 9.19. The molecule has 0 spiro atoms. The van der Waals surface area contributed by atoms with Gasteiger partial charge < -0.3 is 0 Å². The van der Waals surface area contributed by atoms with Gasteiger partial charge in [-0.15, -0.1) is 12.3 Å². The normalized spacial score (nSPS) is 28.1. The van der Waals surface area contributed by atoms with Crippen molar-refractivity contribution in [2.24, 2.45) is 11.3 Å². The molecule has 1 aliphatic rings. The predicted molar refractivity (Wildman–Crippen MR) is 49.6 cm³/mol. The molecule has 0 N–H and O–H groups in total. The summed E-state index contributed by atoms with van der Waals surface area (Å²) in [6, 6.07) is 0. The summed E-state index contributed by atoms with van der Waals surface area (Å²) in [7, 11) is 0. The fourth-order valence-corrected chi connectivity index (χ4v) is 1.88. The Morgan fingerprint density at radius 1 is 1.67 bits per heavy atom. The molecule has 0 radical (unpaired) electrons. The minimum Gasteiger partial charge on any atom is -0.299 e. The Morgan fingerprint density at radius 3 is 2.92 bits per heavy atom. The standard InChI is InChI=1S/C11H16O/c1-4-5-9-8-11(2,3)7-6-10(9)12/h1,9H,5-8H2,2-3H3. The van der Waals surface area contributed by atoms with Crippen molar-refractivity contribution in [1.29, 1.82) is 0 Å². The first-order chi connectivity index (χ1) is 5.55. The lowest BCUT2D eigenvalue weighted by molar-refractivity contribution is -0.126. The Morgan fingerprint density at radius 2 is 2.33 bits per heavy atom. The molecule has 12 heavy (non-hydrogen) atoms. The van der Waals surface area contributed by atoms with Crippen LogP contribution in [0.3, 0.4) is 0 Å². The lowest BCUT2D eigenvalue weighted by Crippen LogP contribution is -2.29. The van der Waals surface area contributed by atoms with Crippen LogP contribution >= 0.6 is 0 Å². The van der Waals surface area contributed by atoms with Crippen molar-refractivity contribution in [3.05, 3.63) is 0 Å². The van der Waals surface area contributed by atoms with Crippen LogP contribution in [0.2, 0.25) is 0 Å². The minimum atomic E-state index is 0.138. The summed E-state index contributed by atoms with van der Waals surface area (Å²) in [5.41, 5.74) is 0.315. The van der Waals surface area contributed by atoms with Crippen LogP contribution in [0.15, 0.2) is 0 Å². The van der Waals surface area contributed by atoms with Gasteiger partial charge in [0.2, 0.25) is 0 Å². The highest BCUT2D eigenvalue weighted by atomic mass is 16.1. The van der Waals surface area contributed by atoms with Gasteiger partial charge in [-0.1, -0.05) is 13.8 Å². The van der Waals surface area contributed by atoms with Crippen molar-refractivity contribution < 1.29 is 4.79 Å². The first kappa shape index (κ1) is 9.32. The molecule has 1 fully saturated rings. The van der Waals surface area contributed by atoms with E-state index in [2.05, 4.69) is 19.8 Å². The Bertz CT molecular complexity index is 220. The number of terminal acetylenes is 1. The van der Waals surface area contributed by atoms with Gasteiger partial charge in [-0.2, -0.15) is 0 Å². The molecule has 1 unspecified atom stereocenters. The van der Waals surface area contributed by atoms with Gasteiger partial charge >= 0.3 is 0 Å². The van der Waals surface area contributed by atoms with E-state index < -0.39 is 0 Å². The highest BCUT2D eigenvalue weighted by Gasteiger charge is 2.32. The van der Waals surface area contributed by atoms with Crippen molar-refractivity contribution in [1.82, 2.24) is 0 Å². The minimum absolute atomic E-state index is 0.138. The number of hydrogen-bond acceptors (Lipinski definition) is 1. The lowest BCUT2D eigenvalue weighted by atomic mass is 9.71. The molecule has 1 saturated carbocycles. The fraction of sp³-hybridized carbons (Fsp3) is 0.727. The van der Waals surface area contributed by atoms with E-state index in [1.54, 1.807) is 0 Å². The third kappa shape index (κ3) is 2.11. The van der Waals surface area contributed by atoms with E-state index in [0.717, 1.165) is 19.3 Å². The van der Waals surface area contributed by atoms with Crippen molar-refractivity contribution in [3.63, 3.8) is 0 Å². The number of carbonyl (C=O) groups excluding carboxylic acids is 1. The quantitative estimate of drug-likeness (QED) is 0.544. The van der Waals surface area contributed by atoms with Crippen LogP contribution in [0.1, 0.15) is 39.5 Å². The predicted octanol–water partition coefficient (Wildman–Crippen LogP) is 2.41. The molecule has 0 saturated heterocycles. The number of carbonyl (C=O) groups is 1. The second-order valence-electron chi connectivity index (χ2n) is 4.44. The molecule has 0 aromatic carbocycles. The summed E-state index contributed by atoms with van der Waals surface area (Å²) in [5, 5.41) is 0. The zero-order valence-corrected chi connectivity index (χ0v) is 7.89. The van der Waals surface area contributed by atoms with Crippen LogP contribution in [-0.2, 0) is 4.79 Å². The van der Waals surface area contributed by atoms with Crippen molar-refractivity contribution >= 4 is 5.78 Å². The van der Waals surface area contributed by atoms with Gasteiger partial charge in [-0.05, 0) is 18.3 Å². The summed E-state index contributed by atoms with van der Waals surface area (Å²) in [6.45, 7) is 4.42. The molecule has 0 heterocycles. The Balaban J connectivity index is 2.61.